The molecule has 2 heterocycles. The van der Waals surface area contributed by atoms with E-state index in [1.807, 2.05) is 22.6 Å². The van der Waals surface area contributed by atoms with E-state index < -0.39 is 0 Å². The lowest BCUT2D eigenvalue weighted by Gasteiger charge is -2.01. The molecular weight excluding hydrogens is 279 g/mol. The van der Waals surface area contributed by atoms with Crippen molar-refractivity contribution in [2.75, 3.05) is 0 Å². The number of imidazole rings is 1. The highest BCUT2D eigenvalue weighted by atomic mass is 79.9. The number of Topliss-reactive ketones (excluding diaryl/α,β-unsaturated/α-hetero) is 1. The molecule has 2 aromatic heterocycles. The Morgan fingerprint density at radius 1 is 1.60 bits per heavy atom. The maximum absolute atomic E-state index is 11.1. The Morgan fingerprint density at radius 3 is 3.00 bits per heavy atom. The molecule has 78 valence electrons. The van der Waals surface area contributed by atoms with Crippen molar-refractivity contribution in [1.29, 1.82) is 0 Å². The van der Waals surface area contributed by atoms with Crippen LogP contribution in [0.3, 0.4) is 0 Å². The number of hydrogen-bond acceptors (Lipinski definition) is 2. The minimum absolute atomic E-state index is 0.0642. The normalized spacial score (nSPS) is 10.9. The standard InChI is InChI=1S/C10H8BrClN2O/c1-6(15)5-9-13-10(12)7-3-2-4-8(11)14(7)9/h2-4H,5H2,1H3. The van der Waals surface area contributed by atoms with E-state index in [-0.39, 0.29) is 12.2 Å². The highest BCUT2D eigenvalue weighted by molar-refractivity contribution is 9.10. The summed E-state index contributed by atoms with van der Waals surface area (Å²) in [4.78, 5) is 15.2. The van der Waals surface area contributed by atoms with Crippen LogP contribution in [-0.2, 0) is 11.2 Å². The van der Waals surface area contributed by atoms with Gasteiger partial charge in [-0.05, 0) is 35.0 Å². The molecule has 0 radical (unpaired) electrons. The quantitative estimate of drug-likeness (QED) is 0.796. The minimum Gasteiger partial charge on any atom is -0.300 e. The Labute approximate surface area is 100 Å². The van der Waals surface area contributed by atoms with E-state index in [0.29, 0.717) is 11.0 Å². The molecule has 0 aliphatic heterocycles. The van der Waals surface area contributed by atoms with Gasteiger partial charge in [0.2, 0.25) is 0 Å². The van der Waals surface area contributed by atoms with E-state index >= 15 is 0 Å². The Morgan fingerprint density at radius 2 is 2.33 bits per heavy atom. The van der Waals surface area contributed by atoms with Crippen LogP contribution in [0.15, 0.2) is 22.8 Å². The predicted octanol–water partition coefficient (Wildman–Crippen LogP) is 2.88. The summed E-state index contributed by atoms with van der Waals surface area (Å²) in [5.41, 5.74) is 0.808. The lowest BCUT2D eigenvalue weighted by Crippen LogP contribution is -2.02. The van der Waals surface area contributed by atoms with E-state index in [2.05, 4.69) is 20.9 Å². The topological polar surface area (TPSA) is 34.4 Å². The van der Waals surface area contributed by atoms with Gasteiger partial charge >= 0.3 is 0 Å². The van der Waals surface area contributed by atoms with E-state index in [1.54, 1.807) is 0 Å². The number of pyridine rings is 1. The van der Waals surface area contributed by atoms with Crippen molar-refractivity contribution in [2.24, 2.45) is 0 Å². The second-order valence-electron chi connectivity index (χ2n) is 3.27. The lowest BCUT2D eigenvalue weighted by molar-refractivity contribution is -0.116. The molecule has 2 rings (SSSR count). The summed E-state index contributed by atoms with van der Waals surface area (Å²) >= 11 is 9.37. The third kappa shape index (κ3) is 1.92. The van der Waals surface area contributed by atoms with E-state index in [0.717, 1.165) is 10.1 Å². The number of fused-ring (bicyclic) bond motifs is 1. The fourth-order valence-electron chi connectivity index (χ4n) is 1.47. The first-order chi connectivity index (χ1) is 7.09. The minimum atomic E-state index is 0.0642. The summed E-state index contributed by atoms with van der Waals surface area (Å²) in [5.74, 6) is 0.726. The second kappa shape index (κ2) is 3.94. The summed E-state index contributed by atoms with van der Waals surface area (Å²) in [6.07, 6.45) is 0.288. The Balaban J connectivity index is 2.70. The van der Waals surface area contributed by atoms with Crippen LogP contribution in [0.5, 0.6) is 0 Å². The molecule has 0 bridgehead atoms. The third-order valence-electron chi connectivity index (χ3n) is 2.05. The van der Waals surface area contributed by atoms with Crippen LogP contribution < -0.4 is 0 Å². The van der Waals surface area contributed by atoms with Gasteiger partial charge in [-0.2, -0.15) is 0 Å². The van der Waals surface area contributed by atoms with Crippen molar-refractivity contribution >= 4 is 38.8 Å². The van der Waals surface area contributed by atoms with Crippen LogP contribution in [-0.4, -0.2) is 15.2 Å². The first kappa shape index (κ1) is 10.6. The summed E-state index contributed by atoms with van der Waals surface area (Å²) in [6.45, 7) is 1.53. The fraction of sp³-hybridized carbons (Fsp3) is 0.200. The zero-order valence-corrected chi connectivity index (χ0v) is 10.3. The van der Waals surface area contributed by atoms with Gasteiger partial charge in [0.05, 0.1) is 16.5 Å². The lowest BCUT2D eigenvalue weighted by atomic mass is 10.3. The van der Waals surface area contributed by atoms with Gasteiger partial charge < -0.3 is 0 Å². The molecule has 0 N–H and O–H groups in total. The summed E-state index contributed by atoms with van der Waals surface area (Å²) < 4.78 is 2.68. The molecule has 0 saturated carbocycles. The van der Waals surface area contributed by atoms with Crippen molar-refractivity contribution in [3.8, 4) is 0 Å². The number of aromatic nitrogens is 2. The molecule has 5 heteroatoms. The highest BCUT2D eigenvalue weighted by Crippen LogP contribution is 2.23. The van der Waals surface area contributed by atoms with E-state index in [4.69, 9.17) is 11.6 Å². The van der Waals surface area contributed by atoms with Gasteiger partial charge in [-0.25, -0.2) is 4.98 Å². The molecule has 0 amide bonds. The average molecular weight is 288 g/mol. The molecule has 0 aliphatic carbocycles. The molecule has 0 unspecified atom stereocenters. The largest absolute Gasteiger partial charge is 0.300 e. The Hall–Kier alpha value is -0.870. The van der Waals surface area contributed by atoms with Gasteiger partial charge in [0.15, 0.2) is 5.15 Å². The van der Waals surface area contributed by atoms with E-state index in [1.165, 1.54) is 6.92 Å². The number of hydrogen-bond donors (Lipinski definition) is 0. The van der Waals surface area contributed by atoms with Gasteiger partial charge in [-0.15, -0.1) is 0 Å². The van der Waals surface area contributed by atoms with Crippen molar-refractivity contribution in [3.05, 3.63) is 33.8 Å². The van der Waals surface area contributed by atoms with Gasteiger partial charge in [0, 0.05) is 0 Å². The molecule has 0 spiro atoms. The molecule has 3 nitrogen and oxygen atoms in total. The van der Waals surface area contributed by atoms with Crippen molar-refractivity contribution in [2.45, 2.75) is 13.3 Å². The predicted molar refractivity (Wildman–Crippen MR) is 62.3 cm³/mol. The van der Waals surface area contributed by atoms with Gasteiger partial charge in [0.25, 0.3) is 0 Å². The Kier molecular flexibility index (Phi) is 2.80. The molecule has 0 saturated heterocycles. The maximum Gasteiger partial charge on any atom is 0.155 e. The molecule has 15 heavy (non-hydrogen) atoms. The molecule has 0 atom stereocenters. The van der Waals surface area contributed by atoms with E-state index in [9.17, 15) is 4.79 Å². The zero-order valence-electron chi connectivity index (χ0n) is 8.00. The molecule has 0 aromatic carbocycles. The molecule has 0 fully saturated rings. The SMILES string of the molecule is CC(=O)Cc1nc(Cl)c2cccc(Br)n12. The molecule has 2 aromatic rings. The molecular formula is C10H8BrClN2O. The van der Waals surface area contributed by atoms with Crippen LogP contribution in [0.1, 0.15) is 12.7 Å². The Bertz CT molecular complexity index is 535. The smallest absolute Gasteiger partial charge is 0.155 e. The number of carbonyl (C=O) groups is 1. The van der Waals surface area contributed by atoms with Crippen LogP contribution in [0.25, 0.3) is 5.52 Å². The highest BCUT2D eigenvalue weighted by Gasteiger charge is 2.12. The fourth-order valence-corrected chi connectivity index (χ4v) is 2.26. The van der Waals surface area contributed by atoms with Crippen LogP contribution in [0, 0.1) is 0 Å². The first-order valence-electron chi connectivity index (χ1n) is 4.40. The van der Waals surface area contributed by atoms with Crippen LogP contribution in [0.2, 0.25) is 5.15 Å². The van der Waals surface area contributed by atoms with Crippen molar-refractivity contribution < 1.29 is 4.79 Å². The number of nitrogens with zero attached hydrogens (tertiary/aromatic N) is 2. The van der Waals surface area contributed by atoms with Crippen LogP contribution >= 0.6 is 27.5 Å². The first-order valence-corrected chi connectivity index (χ1v) is 5.57. The summed E-state index contributed by atoms with van der Waals surface area (Å²) in [6, 6.07) is 5.63. The number of halogens is 2. The monoisotopic (exact) mass is 286 g/mol. The van der Waals surface area contributed by atoms with Gasteiger partial charge in [-0.1, -0.05) is 17.7 Å². The summed E-state index contributed by atoms with van der Waals surface area (Å²) in [7, 11) is 0. The third-order valence-corrected chi connectivity index (χ3v) is 2.94. The van der Waals surface area contributed by atoms with Crippen molar-refractivity contribution in [3.63, 3.8) is 0 Å². The zero-order chi connectivity index (χ0) is 11.0. The average Bonchev–Trinajstić information content (AvgIpc) is 2.44. The number of rotatable bonds is 2. The van der Waals surface area contributed by atoms with Crippen molar-refractivity contribution in [1.82, 2.24) is 9.38 Å². The van der Waals surface area contributed by atoms with Crippen LogP contribution in [0.4, 0.5) is 0 Å². The van der Waals surface area contributed by atoms with Gasteiger partial charge in [-0.3, -0.25) is 9.20 Å². The maximum atomic E-state index is 11.1. The summed E-state index contributed by atoms with van der Waals surface area (Å²) in [5, 5.41) is 0.424. The second-order valence-corrected chi connectivity index (χ2v) is 4.44. The number of carbonyl (C=O) groups excluding carboxylic acids is 1. The number of ketones is 1. The van der Waals surface area contributed by atoms with Gasteiger partial charge in [0.1, 0.15) is 11.6 Å². The molecule has 0 aliphatic rings.